The van der Waals surface area contributed by atoms with E-state index >= 15 is 0 Å². The summed E-state index contributed by atoms with van der Waals surface area (Å²) in [5.74, 6) is 0. The van der Waals surface area contributed by atoms with Crippen LogP contribution in [0.2, 0.25) is 0 Å². The standard InChI is InChI=1S/C48H31NO/c1-3-10-33(11-4-1)44-29-39(30-45(49-44)34-12-5-2-6-13-34)31-18-20-32(21-19-31)41-16-9-17-47-48(41)43-28-36(24-25-46(43)50-47)35-22-23-38-26-37-14-7-8-15-40(37)42(38)27-35/h1-25,27-30H,26H2. The highest BCUT2D eigenvalue weighted by molar-refractivity contribution is 6.13. The van der Waals surface area contributed by atoms with Gasteiger partial charge in [0.05, 0.1) is 11.4 Å². The molecule has 2 aromatic heterocycles. The van der Waals surface area contributed by atoms with Crippen LogP contribution in [0.3, 0.4) is 0 Å². The molecule has 0 saturated heterocycles. The number of rotatable bonds is 5. The summed E-state index contributed by atoms with van der Waals surface area (Å²) in [5.41, 5.74) is 18.4. The molecule has 10 rings (SSSR count). The molecule has 9 aromatic rings. The Morgan fingerprint density at radius 2 is 0.960 bits per heavy atom. The quantitative estimate of drug-likeness (QED) is 0.188. The van der Waals surface area contributed by atoms with E-state index in [1.54, 1.807) is 0 Å². The maximum Gasteiger partial charge on any atom is 0.136 e. The third-order valence-electron chi connectivity index (χ3n) is 10.1. The van der Waals surface area contributed by atoms with Gasteiger partial charge in [-0.2, -0.15) is 0 Å². The van der Waals surface area contributed by atoms with Crippen LogP contribution in [0.15, 0.2) is 180 Å². The van der Waals surface area contributed by atoms with Crippen LogP contribution in [0, 0.1) is 0 Å². The fraction of sp³-hybridized carbons (Fsp3) is 0.0208. The Hall–Kier alpha value is -6.51. The van der Waals surface area contributed by atoms with E-state index in [0.717, 1.165) is 73.1 Å². The van der Waals surface area contributed by atoms with E-state index in [9.17, 15) is 0 Å². The average molecular weight is 638 g/mol. The van der Waals surface area contributed by atoms with Crippen molar-refractivity contribution in [2.45, 2.75) is 6.42 Å². The van der Waals surface area contributed by atoms with Gasteiger partial charge in [-0.3, -0.25) is 0 Å². The minimum absolute atomic E-state index is 0.899. The van der Waals surface area contributed by atoms with Crippen molar-refractivity contribution in [3.63, 3.8) is 0 Å². The monoisotopic (exact) mass is 637 g/mol. The number of fused-ring (bicyclic) bond motifs is 6. The van der Waals surface area contributed by atoms with Gasteiger partial charge in [-0.1, -0.05) is 140 Å². The molecule has 7 aromatic carbocycles. The molecule has 0 amide bonds. The van der Waals surface area contributed by atoms with Gasteiger partial charge in [-0.05, 0) is 98.5 Å². The van der Waals surface area contributed by atoms with Gasteiger partial charge in [0.25, 0.3) is 0 Å². The second kappa shape index (κ2) is 11.6. The Labute approximate surface area is 291 Å². The second-order valence-corrected chi connectivity index (χ2v) is 13.1. The fourth-order valence-corrected chi connectivity index (χ4v) is 7.60. The summed E-state index contributed by atoms with van der Waals surface area (Å²) in [5, 5.41) is 2.28. The van der Waals surface area contributed by atoms with E-state index in [0.29, 0.717) is 0 Å². The highest BCUT2D eigenvalue weighted by atomic mass is 16.3. The molecule has 1 aliphatic rings. The lowest BCUT2D eigenvalue weighted by molar-refractivity contribution is 0.669. The Kier molecular flexibility index (Phi) is 6.60. The Balaban J connectivity index is 1.05. The van der Waals surface area contributed by atoms with Crippen LogP contribution in [0.5, 0.6) is 0 Å². The van der Waals surface area contributed by atoms with Gasteiger partial charge < -0.3 is 4.42 Å². The number of aromatic nitrogens is 1. The topological polar surface area (TPSA) is 26.0 Å². The van der Waals surface area contributed by atoms with E-state index in [2.05, 4.69) is 164 Å². The van der Waals surface area contributed by atoms with Crippen molar-refractivity contribution >= 4 is 21.9 Å². The first-order valence-electron chi connectivity index (χ1n) is 17.2. The van der Waals surface area contributed by atoms with Crippen molar-refractivity contribution in [2.24, 2.45) is 0 Å². The van der Waals surface area contributed by atoms with Crippen molar-refractivity contribution in [2.75, 3.05) is 0 Å². The van der Waals surface area contributed by atoms with Gasteiger partial charge in [-0.25, -0.2) is 4.98 Å². The van der Waals surface area contributed by atoms with E-state index in [-0.39, 0.29) is 0 Å². The summed E-state index contributed by atoms with van der Waals surface area (Å²) in [6, 6.07) is 62.8. The van der Waals surface area contributed by atoms with Crippen LogP contribution in [-0.4, -0.2) is 4.98 Å². The normalized spacial score (nSPS) is 11.9. The predicted octanol–water partition coefficient (Wildman–Crippen LogP) is 12.9. The lowest BCUT2D eigenvalue weighted by Crippen LogP contribution is -1.91. The number of hydrogen-bond acceptors (Lipinski definition) is 2. The molecule has 2 heteroatoms. The van der Waals surface area contributed by atoms with Gasteiger partial charge in [0.15, 0.2) is 0 Å². The maximum absolute atomic E-state index is 6.42. The van der Waals surface area contributed by atoms with E-state index in [4.69, 9.17) is 9.40 Å². The van der Waals surface area contributed by atoms with Crippen molar-refractivity contribution in [1.29, 1.82) is 0 Å². The van der Waals surface area contributed by atoms with E-state index < -0.39 is 0 Å². The summed E-state index contributed by atoms with van der Waals surface area (Å²) in [7, 11) is 0. The van der Waals surface area contributed by atoms with Crippen LogP contribution in [0.4, 0.5) is 0 Å². The third kappa shape index (κ3) is 4.84. The Morgan fingerprint density at radius 3 is 1.72 bits per heavy atom. The van der Waals surface area contributed by atoms with Crippen molar-refractivity contribution in [3.8, 4) is 67.0 Å². The number of nitrogens with zero attached hydrogens (tertiary/aromatic N) is 1. The highest BCUT2D eigenvalue weighted by Gasteiger charge is 2.19. The Morgan fingerprint density at radius 1 is 0.360 bits per heavy atom. The van der Waals surface area contributed by atoms with Gasteiger partial charge >= 0.3 is 0 Å². The molecule has 0 radical (unpaired) electrons. The van der Waals surface area contributed by atoms with Crippen LogP contribution in [0.25, 0.3) is 89.0 Å². The molecule has 0 saturated carbocycles. The zero-order valence-electron chi connectivity index (χ0n) is 27.3. The first-order chi connectivity index (χ1) is 24.7. The summed E-state index contributed by atoms with van der Waals surface area (Å²) < 4.78 is 6.42. The number of benzene rings is 7. The van der Waals surface area contributed by atoms with Crippen molar-refractivity contribution in [3.05, 3.63) is 187 Å². The lowest BCUT2D eigenvalue weighted by atomic mass is 9.94. The van der Waals surface area contributed by atoms with Gasteiger partial charge in [0, 0.05) is 21.9 Å². The molecule has 1 aliphatic carbocycles. The molecule has 0 fully saturated rings. The van der Waals surface area contributed by atoms with Crippen molar-refractivity contribution < 1.29 is 4.42 Å². The number of furan rings is 1. The Bertz CT molecular complexity index is 2650. The molecule has 0 N–H and O–H groups in total. The smallest absolute Gasteiger partial charge is 0.136 e. The summed E-state index contributed by atoms with van der Waals surface area (Å²) in [6.45, 7) is 0. The predicted molar refractivity (Wildman–Crippen MR) is 207 cm³/mol. The molecule has 0 unspecified atom stereocenters. The van der Waals surface area contributed by atoms with Crippen LogP contribution in [0.1, 0.15) is 11.1 Å². The SMILES string of the molecule is c1ccc(-c2cc(-c3ccc(-c4cccc5oc6ccc(-c7ccc8c(c7)-c7ccccc7C8)cc6c45)cc3)cc(-c3ccccc3)n2)cc1. The molecule has 0 bridgehead atoms. The molecular formula is C48H31NO. The van der Waals surface area contributed by atoms with Gasteiger partial charge in [0.2, 0.25) is 0 Å². The first-order valence-corrected chi connectivity index (χ1v) is 17.2. The molecule has 50 heavy (non-hydrogen) atoms. The van der Waals surface area contributed by atoms with E-state index in [1.165, 1.54) is 33.4 Å². The minimum Gasteiger partial charge on any atom is -0.456 e. The summed E-state index contributed by atoms with van der Waals surface area (Å²) in [4.78, 5) is 5.07. The van der Waals surface area contributed by atoms with Gasteiger partial charge in [-0.15, -0.1) is 0 Å². The zero-order chi connectivity index (χ0) is 33.0. The number of pyridine rings is 1. The fourth-order valence-electron chi connectivity index (χ4n) is 7.60. The van der Waals surface area contributed by atoms with Crippen LogP contribution < -0.4 is 0 Å². The molecular weight excluding hydrogens is 607 g/mol. The largest absolute Gasteiger partial charge is 0.456 e. The molecule has 2 nitrogen and oxygen atoms in total. The minimum atomic E-state index is 0.899. The molecule has 0 spiro atoms. The molecule has 0 atom stereocenters. The average Bonchev–Trinajstić information content (AvgIpc) is 3.76. The van der Waals surface area contributed by atoms with Gasteiger partial charge in [0.1, 0.15) is 11.2 Å². The third-order valence-corrected chi connectivity index (χ3v) is 10.1. The second-order valence-electron chi connectivity index (χ2n) is 13.1. The number of hydrogen-bond donors (Lipinski definition) is 0. The van der Waals surface area contributed by atoms with E-state index in [1.807, 2.05) is 12.1 Å². The molecule has 234 valence electrons. The summed E-state index contributed by atoms with van der Waals surface area (Å²) >= 11 is 0. The first kappa shape index (κ1) is 28.5. The summed E-state index contributed by atoms with van der Waals surface area (Å²) in [6.07, 6.45) is 1.00. The van der Waals surface area contributed by atoms with Crippen LogP contribution >= 0.6 is 0 Å². The highest BCUT2D eigenvalue weighted by Crippen LogP contribution is 2.42. The molecule has 2 heterocycles. The zero-order valence-corrected chi connectivity index (χ0v) is 27.3. The lowest BCUT2D eigenvalue weighted by Gasteiger charge is -2.11. The van der Waals surface area contributed by atoms with Crippen LogP contribution in [-0.2, 0) is 6.42 Å². The van der Waals surface area contributed by atoms with Crippen molar-refractivity contribution in [1.82, 2.24) is 4.98 Å². The maximum atomic E-state index is 6.42. The molecule has 0 aliphatic heterocycles.